The Kier molecular flexibility index (Phi) is 7.03. The molecule has 1 N–H and O–H groups in total. The molecule has 1 aliphatic carbocycles. The first-order valence-corrected chi connectivity index (χ1v) is 6.83. The summed E-state index contributed by atoms with van der Waals surface area (Å²) in [6, 6.07) is 0.894. The predicted octanol–water partition coefficient (Wildman–Crippen LogP) is 2.64. The number of nitrogens with one attached hydrogen (secondary N) is 1. The van der Waals surface area contributed by atoms with E-state index in [2.05, 4.69) is 24.1 Å². The van der Waals surface area contributed by atoms with Gasteiger partial charge in [-0.2, -0.15) is 0 Å². The fourth-order valence-electron chi connectivity index (χ4n) is 2.63. The van der Waals surface area contributed by atoms with E-state index in [9.17, 15) is 0 Å². The molecule has 2 heteroatoms. The molecule has 0 amide bonds. The van der Waals surface area contributed by atoms with E-state index in [-0.39, 0.29) is 0 Å². The zero-order chi connectivity index (χ0) is 10.9. The molecule has 15 heavy (non-hydrogen) atoms. The highest BCUT2D eigenvalue weighted by atomic mass is 15.1. The van der Waals surface area contributed by atoms with Gasteiger partial charge in [-0.3, -0.25) is 0 Å². The van der Waals surface area contributed by atoms with Crippen molar-refractivity contribution in [2.75, 3.05) is 26.2 Å². The van der Waals surface area contributed by atoms with E-state index < -0.39 is 0 Å². The van der Waals surface area contributed by atoms with Crippen molar-refractivity contribution in [1.29, 1.82) is 0 Å². The molecule has 0 aromatic rings. The van der Waals surface area contributed by atoms with Gasteiger partial charge in [0.2, 0.25) is 0 Å². The summed E-state index contributed by atoms with van der Waals surface area (Å²) < 4.78 is 0. The second kappa shape index (κ2) is 8.12. The highest BCUT2D eigenvalue weighted by Gasteiger charge is 2.18. The highest BCUT2D eigenvalue weighted by Crippen LogP contribution is 2.22. The molecule has 1 saturated carbocycles. The van der Waals surface area contributed by atoms with Gasteiger partial charge in [-0.25, -0.2) is 0 Å². The first kappa shape index (κ1) is 13.0. The Morgan fingerprint density at radius 3 is 2.47 bits per heavy atom. The Balaban J connectivity index is 2.15. The van der Waals surface area contributed by atoms with Crippen LogP contribution in [0.2, 0.25) is 0 Å². The van der Waals surface area contributed by atoms with E-state index in [0.29, 0.717) is 0 Å². The summed E-state index contributed by atoms with van der Waals surface area (Å²) in [6.07, 6.45) is 8.55. The van der Waals surface area contributed by atoms with E-state index in [1.165, 1.54) is 58.2 Å². The normalized spacial score (nSPS) is 18.6. The zero-order valence-electron chi connectivity index (χ0n) is 10.6. The van der Waals surface area contributed by atoms with Crippen molar-refractivity contribution in [3.05, 3.63) is 0 Å². The van der Waals surface area contributed by atoms with Crippen molar-refractivity contribution in [3.8, 4) is 0 Å². The number of hydrogen-bond donors (Lipinski definition) is 1. The average molecular weight is 212 g/mol. The van der Waals surface area contributed by atoms with E-state index in [0.717, 1.165) is 12.6 Å². The SMILES string of the molecule is CCNCCCN(CC)C1CCCCC1. The van der Waals surface area contributed by atoms with Crippen LogP contribution in [0.4, 0.5) is 0 Å². The Morgan fingerprint density at radius 2 is 1.87 bits per heavy atom. The smallest absolute Gasteiger partial charge is 0.00951 e. The molecule has 1 fully saturated rings. The first-order valence-electron chi connectivity index (χ1n) is 6.83. The fraction of sp³-hybridized carbons (Fsp3) is 1.00. The first-order chi connectivity index (χ1) is 7.38. The molecule has 0 heterocycles. The van der Waals surface area contributed by atoms with Gasteiger partial charge >= 0.3 is 0 Å². The molecule has 1 rings (SSSR count). The number of nitrogens with zero attached hydrogens (tertiary/aromatic N) is 1. The molecule has 0 aromatic heterocycles. The van der Waals surface area contributed by atoms with Gasteiger partial charge in [0.1, 0.15) is 0 Å². The van der Waals surface area contributed by atoms with Crippen LogP contribution >= 0.6 is 0 Å². The zero-order valence-corrected chi connectivity index (χ0v) is 10.6. The molecule has 0 atom stereocenters. The minimum Gasteiger partial charge on any atom is -0.317 e. The van der Waals surface area contributed by atoms with Gasteiger partial charge in [0.15, 0.2) is 0 Å². The maximum atomic E-state index is 3.40. The molecule has 1 aliphatic rings. The Hall–Kier alpha value is -0.0800. The second-order valence-corrected chi connectivity index (χ2v) is 4.63. The van der Waals surface area contributed by atoms with Crippen molar-refractivity contribution < 1.29 is 0 Å². The van der Waals surface area contributed by atoms with Crippen LogP contribution in [0.5, 0.6) is 0 Å². The topological polar surface area (TPSA) is 15.3 Å². The summed E-state index contributed by atoms with van der Waals surface area (Å²) in [7, 11) is 0. The van der Waals surface area contributed by atoms with Crippen LogP contribution in [0, 0.1) is 0 Å². The van der Waals surface area contributed by atoms with Crippen molar-refractivity contribution in [2.24, 2.45) is 0 Å². The quantitative estimate of drug-likeness (QED) is 0.653. The molecular formula is C13H28N2. The largest absolute Gasteiger partial charge is 0.317 e. The molecule has 0 aliphatic heterocycles. The van der Waals surface area contributed by atoms with Crippen molar-refractivity contribution in [1.82, 2.24) is 10.2 Å². The van der Waals surface area contributed by atoms with Gasteiger partial charge in [0.25, 0.3) is 0 Å². The maximum absolute atomic E-state index is 3.40. The lowest BCUT2D eigenvalue weighted by atomic mass is 9.94. The molecule has 0 radical (unpaired) electrons. The molecule has 0 bridgehead atoms. The van der Waals surface area contributed by atoms with Gasteiger partial charge in [-0.1, -0.05) is 33.1 Å². The molecule has 0 aromatic carbocycles. The van der Waals surface area contributed by atoms with E-state index in [1.54, 1.807) is 0 Å². The molecule has 0 saturated heterocycles. The Bertz CT molecular complexity index is 141. The summed E-state index contributed by atoms with van der Waals surface area (Å²) >= 11 is 0. The van der Waals surface area contributed by atoms with E-state index in [4.69, 9.17) is 0 Å². The van der Waals surface area contributed by atoms with Gasteiger partial charge in [0, 0.05) is 6.04 Å². The molecule has 90 valence electrons. The summed E-state index contributed by atoms with van der Waals surface area (Å²) in [5.74, 6) is 0. The van der Waals surface area contributed by atoms with E-state index >= 15 is 0 Å². The lowest BCUT2D eigenvalue weighted by molar-refractivity contribution is 0.162. The van der Waals surface area contributed by atoms with Gasteiger partial charge in [0.05, 0.1) is 0 Å². The number of rotatable bonds is 7. The molecule has 0 spiro atoms. The summed E-state index contributed by atoms with van der Waals surface area (Å²) in [4.78, 5) is 2.69. The summed E-state index contributed by atoms with van der Waals surface area (Å²) in [5, 5.41) is 3.40. The van der Waals surface area contributed by atoms with Crippen LogP contribution in [0.15, 0.2) is 0 Å². The van der Waals surface area contributed by atoms with Crippen LogP contribution in [0.3, 0.4) is 0 Å². The maximum Gasteiger partial charge on any atom is 0.00951 e. The minimum atomic E-state index is 0.894. The van der Waals surface area contributed by atoms with E-state index in [1.807, 2.05) is 0 Å². The fourth-order valence-corrected chi connectivity index (χ4v) is 2.63. The lowest BCUT2D eigenvalue weighted by Gasteiger charge is -2.33. The van der Waals surface area contributed by atoms with Crippen molar-refractivity contribution >= 4 is 0 Å². The third-order valence-electron chi connectivity index (χ3n) is 3.55. The van der Waals surface area contributed by atoms with Gasteiger partial charge in [-0.05, 0) is 45.4 Å². The summed E-state index contributed by atoms with van der Waals surface area (Å²) in [5.41, 5.74) is 0. The number of hydrogen-bond acceptors (Lipinski definition) is 2. The van der Waals surface area contributed by atoms with Crippen LogP contribution < -0.4 is 5.32 Å². The van der Waals surface area contributed by atoms with Crippen LogP contribution in [0.25, 0.3) is 0 Å². The van der Waals surface area contributed by atoms with Gasteiger partial charge in [-0.15, -0.1) is 0 Å². The summed E-state index contributed by atoms with van der Waals surface area (Å²) in [6.45, 7) is 9.29. The molecule has 2 nitrogen and oxygen atoms in total. The van der Waals surface area contributed by atoms with Crippen LogP contribution in [-0.4, -0.2) is 37.1 Å². The van der Waals surface area contributed by atoms with Crippen LogP contribution in [0.1, 0.15) is 52.4 Å². The monoisotopic (exact) mass is 212 g/mol. The third-order valence-corrected chi connectivity index (χ3v) is 3.55. The third kappa shape index (κ3) is 4.98. The highest BCUT2D eigenvalue weighted by molar-refractivity contribution is 4.75. The predicted molar refractivity (Wildman–Crippen MR) is 67.3 cm³/mol. The lowest BCUT2D eigenvalue weighted by Crippen LogP contribution is -2.38. The Labute approximate surface area is 95.4 Å². The second-order valence-electron chi connectivity index (χ2n) is 4.63. The van der Waals surface area contributed by atoms with Crippen LogP contribution in [-0.2, 0) is 0 Å². The molecule has 0 unspecified atom stereocenters. The average Bonchev–Trinajstić information content (AvgIpc) is 2.30. The van der Waals surface area contributed by atoms with Crippen molar-refractivity contribution in [3.63, 3.8) is 0 Å². The Morgan fingerprint density at radius 1 is 1.13 bits per heavy atom. The standard InChI is InChI=1S/C13H28N2/c1-3-14-11-8-12-15(4-2)13-9-6-5-7-10-13/h13-14H,3-12H2,1-2H3. The van der Waals surface area contributed by atoms with Crippen molar-refractivity contribution in [2.45, 2.75) is 58.4 Å². The minimum absolute atomic E-state index is 0.894. The molecular weight excluding hydrogens is 184 g/mol. The van der Waals surface area contributed by atoms with Gasteiger partial charge < -0.3 is 10.2 Å².